The number of imide groups is 1. The van der Waals surface area contributed by atoms with Crippen LogP contribution in [0.2, 0.25) is 0 Å². The predicted octanol–water partition coefficient (Wildman–Crippen LogP) is 3.96. The predicted molar refractivity (Wildman–Crippen MR) is 126 cm³/mol. The number of benzene rings is 3. The molecule has 1 atom stereocenters. The third-order valence-electron chi connectivity index (χ3n) is 7.02. The summed E-state index contributed by atoms with van der Waals surface area (Å²) >= 11 is 0. The monoisotopic (exact) mass is 438 g/mol. The van der Waals surface area contributed by atoms with Gasteiger partial charge in [0, 0.05) is 33.0 Å². The zero-order chi connectivity index (χ0) is 23.0. The highest BCUT2D eigenvalue weighted by Crippen LogP contribution is 2.40. The van der Waals surface area contributed by atoms with E-state index in [4.69, 9.17) is 0 Å². The normalized spacial score (nSPS) is 20.2. The maximum absolute atomic E-state index is 13.4. The largest absolute Gasteiger partial charge is 0.338 e. The molecule has 2 heterocycles. The maximum Gasteiger partial charge on any atom is 0.240 e. The molecule has 3 amide bonds. The number of nitrogens with zero attached hydrogens (tertiary/aromatic N) is 2. The van der Waals surface area contributed by atoms with Crippen molar-refractivity contribution >= 4 is 17.7 Å². The smallest absolute Gasteiger partial charge is 0.240 e. The van der Waals surface area contributed by atoms with Gasteiger partial charge in [-0.25, -0.2) is 0 Å². The van der Waals surface area contributed by atoms with Crippen LogP contribution in [0.25, 0.3) is 11.1 Å². The van der Waals surface area contributed by atoms with Crippen molar-refractivity contribution in [2.75, 3.05) is 13.6 Å². The Hall–Kier alpha value is -3.73. The summed E-state index contributed by atoms with van der Waals surface area (Å²) in [7, 11) is 1.51. The average Bonchev–Trinajstić information content (AvgIpc) is 3.08. The molecule has 5 rings (SSSR count). The maximum atomic E-state index is 13.4. The molecule has 2 aliphatic rings. The summed E-state index contributed by atoms with van der Waals surface area (Å²) in [5, 5.41) is 0. The highest BCUT2D eigenvalue weighted by molar-refractivity contribution is 6.10. The van der Waals surface area contributed by atoms with Crippen molar-refractivity contribution < 1.29 is 14.4 Å². The Labute approximate surface area is 193 Å². The first-order chi connectivity index (χ1) is 16.0. The highest BCUT2D eigenvalue weighted by Gasteiger charge is 2.53. The molecule has 1 unspecified atom stereocenters. The van der Waals surface area contributed by atoms with Gasteiger partial charge in [-0.15, -0.1) is 0 Å². The lowest BCUT2D eigenvalue weighted by atomic mass is 9.75. The number of rotatable bonds is 4. The standard InChI is InChI=1S/C28H26N2O3/c1-29-25(31)17-28(27(29)33,24-13-11-22(12-14-24)20-7-3-2-4-8-20)18-26(32)30-16-15-21-9-5-6-10-23(21)19-30/h2-14H,15-19H2,1H3. The molecule has 0 aromatic heterocycles. The summed E-state index contributed by atoms with van der Waals surface area (Å²) < 4.78 is 0. The van der Waals surface area contributed by atoms with Crippen LogP contribution in [-0.4, -0.2) is 41.1 Å². The Balaban J connectivity index is 1.45. The molecule has 166 valence electrons. The molecule has 5 nitrogen and oxygen atoms in total. The summed E-state index contributed by atoms with van der Waals surface area (Å²) in [5.41, 5.74) is 4.07. The van der Waals surface area contributed by atoms with Crippen LogP contribution in [0.3, 0.4) is 0 Å². The van der Waals surface area contributed by atoms with Crippen molar-refractivity contribution in [1.82, 2.24) is 9.80 Å². The Kier molecular flexibility index (Phi) is 5.33. The molecule has 0 bridgehead atoms. The Morgan fingerprint density at radius 1 is 0.848 bits per heavy atom. The lowest BCUT2D eigenvalue weighted by Gasteiger charge is -2.33. The van der Waals surface area contributed by atoms with E-state index >= 15 is 0 Å². The SMILES string of the molecule is CN1C(=O)CC(CC(=O)N2CCc3ccccc3C2)(c2ccc(-c3ccccc3)cc2)C1=O. The van der Waals surface area contributed by atoms with Gasteiger partial charge in [-0.3, -0.25) is 19.3 Å². The number of hydrogen-bond donors (Lipinski definition) is 0. The lowest BCUT2D eigenvalue weighted by Crippen LogP contribution is -2.44. The van der Waals surface area contributed by atoms with E-state index < -0.39 is 5.41 Å². The van der Waals surface area contributed by atoms with Crippen molar-refractivity contribution in [3.8, 4) is 11.1 Å². The van der Waals surface area contributed by atoms with Crippen molar-refractivity contribution in [2.24, 2.45) is 0 Å². The molecular weight excluding hydrogens is 412 g/mol. The molecule has 0 spiro atoms. The van der Waals surface area contributed by atoms with Gasteiger partial charge in [0.2, 0.25) is 17.7 Å². The molecule has 5 heteroatoms. The summed E-state index contributed by atoms with van der Waals surface area (Å²) in [6.07, 6.45) is 0.811. The van der Waals surface area contributed by atoms with Gasteiger partial charge in [0.05, 0.1) is 5.41 Å². The molecule has 3 aromatic rings. The fourth-order valence-corrected chi connectivity index (χ4v) is 5.04. The van der Waals surface area contributed by atoms with E-state index in [1.165, 1.54) is 17.5 Å². The van der Waals surface area contributed by atoms with Crippen molar-refractivity contribution in [3.63, 3.8) is 0 Å². The first-order valence-electron chi connectivity index (χ1n) is 11.3. The Bertz CT molecular complexity index is 1220. The summed E-state index contributed by atoms with van der Waals surface area (Å²) in [6.45, 7) is 1.16. The van der Waals surface area contributed by atoms with Crippen LogP contribution in [0.5, 0.6) is 0 Å². The molecule has 0 radical (unpaired) electrons. The highest BCUT2D eigenvalue weighted by atomic mass is 16.2. The lowest BCUT2D eigenvalue weighted by molar-refractivity contribution is -0.141. The Morgan fingerprint density at radius 3 is 2.15 bits per heavy atom. The van der Waals surface area contributed by atoms with Gasteiger partial charge in [0.15, 0.2) is 0 Å². The quantitative estimate of drug-likeness (QED) is 0.580. The minimum absolute atomic E-state index is 0.00519. The second-order valence-corrected chi connectivity index (χ2v) is 8.97. The van der Waals surface area contributed by atoms with E-state index in [0.717, 1.165) is 28.7 Å². The minimum Gasteiger partial charge on any atom is -0.338 e. The summed E-state index contributed by atoms with van der Waals surface area (Å²) in [4.78, 5) is 42.3. The van der Waals surface area contributed by atoms with E-state index in [0.29, 0.717) is 13.1 Å². The molecule has 3 aromatic carbocycles. The van der Waals surface area contributed by atoms with Crippen LogP contribution in [0, 0.1) is 0 Å². The number of hydrogen-bond acceptors (Lipinski definition) is 3. The van der Waals surface area contributed by atoms with E-state index in [9.17, 15) is 14.4 Å². The van der Waals surface area contributed by atoms with Gasteiger partial charge >= 0.3 is 0 Å². The van der Waals surface area contributed by atoms with Gasteiger partial charge in [0.1, 0.15) is 0 Å². The number of likely N-dealkylation sites (tertiary alicyclic amines) is 1. The molecule has 2 aliphatic heterocycles. The third kappa shape index (κ3) is 3.74. The van der Waals surface area contributed by atoms with Gasteiger partial charge in [0.25, 0.3) is 0 Å². The number of amides is 3. The van der Waals surface area contributed by atoms with E-state index in [-0.39, 0.29) is 30.6 Å². The Morgan fingerprint density at radius 2 is 1.48 bits per heavy atom. The van der Waals surface area contributed by atoms with Crippen LogP contribution >= 0.6 is 0 Å². The van der Waals surface area contributed by atoms with E-state index in [2.05, 4.69) is 6.07 Å². The van der Waals surface area contributed by atoms with Crippen LogP contribution in [-0.2, 0) is 32.8 Å². The van der Waals surface area contributed by atoms with E-state index in [1.807, 2.05) is 77.7 Å². The van der Waals surface area contributed by atoms with Gasteiger partial charge < -0.3 is 4.90 Å². The number of carbonyl (C=O) groups excluding carboxylic acids is 3. The van der Waals surface area contributed by atoms with Crippen molar-refractivity contribution in [2.45, 2.75) is 31.2 Å². The third-order valence-corrected chi connectivity index (χ3v) is 7.02. The second-order valence-electron chi connectivity index (χ2n) is 8.97. The van der Waals surface area contributed by atoms with E-state index in [1.54, 1.807) is 0 Å². The number of carbonyl (C=O) groups is 3. The average molecular weight is 439 g/mol. The zero-order valence-electron chi connectivity index (χ0n) is 18.7. The summed E-state index contributed by atoms with van der Waals surface area (Å²) in [6, 6.07) is 25.8. The molecule has 1 fully saturated rings. The first-order valence-corrected chi connectivity index (χ1v) is 11.3. The van der Waals surface area contributed by atoms with Gasteiger partial charge in [-0.2, -0.15) is 0 Å². The zero-order valence-corrected chi connectivity index (χ0v) is 18.7. The van der Waals surface area contributed by atoms with Crippen molar-refractivity contribution in [3.05, 3.63) is 95.6 Å². The topological polar surface area (TPSA) is 57.7 Å². The fourth-order valence-electron chi connectivity index (χ4n) is 5.04. The molecule has 33 heavy (non-hydrogen) atoms. The van der Waals surface area contributed by atoms with Crippen LogP contribution in [0.1, 0.15) is 29.5 Å². The molecule has 0 saturated carbocycles. The minimum atomic E-state index is -1.16. The molecule has 0 N–H and O–H groups in total. The van der Waals surface area contributed by atoms with Crippen LogP contribution < -0.4 is 0 Å². The second kappa shape index (κ2) is 8.32. The molecule has 1 saturated heterocycles. The summed E-state index contributed by atoms with van der Waals surface area (Å²) in [5.74, 6) is -0.636. The van der Waals surface area contributed by atoms with Crippen molar-refractivity contribution in [1.29, 1.82) is 0 Å². The number of likely N-dealkylation sites (N-methyl/N-ethyl adjacent to an activating group) is 1. The first kappa shape index (κ1) is 21.1. The number of fused-ring (bicyclic) bond motifs is 1. The van der Waals surface area contributed by atoms with Gasteiger partial charge in [-0.05, 0) is 34.2 Å². The van der Waals surface area contributed by atoms with Gasteiger partial charge in [-0.1, -0.05) is 78.9 Å². The molecular formula is C28H26N2O3. The van der Waals surface area contributed by atoms with Crippen LogP contribution in [0.4, 0.5) is 0 Å². The fraction of sp³-hybridized carbons (Fsp3) is 0.250. The molecule has 0 aliphatic carbocycles. The van der Waals surface area contributed by atoms with Crippen LogP contribution in [0.15, 0.2) is 78.9 Å².